The minimum absolute atomic E-state index is 0.0791. The normalized spacial score (nSPS) is 22.4. The fraction of sp³-hybridized carbons (Fsp3) is 0.556. The lowest BCUT2D eigenvalue weighted by molar-refractivity contribution is -0.192. The predicted octanol–water partition coefficient (Wildman–Crippen LogP) is 4.96. The summed E-state index contributed by atoms with van der Waals surface area (Å²) in [7, 11) is 0. The van der Waals surface area contributed by atoms with Gasteiger partial charge in [-0.1, -0.05) is 50.0 Å². The Labute approximate surface area is 170 Å². The van der Waals surface area contributed by atoms with Crippen LogP contribution in [0, 0.1) is 5.41 Å². The Kier molecular flexibility index (Phi) is 8.17. The van der Waals surface area contributed by atoms with E-state index in [2.05, 4.69) is 26.1 Å². The highest BCUT2D eigenvalue weighted by Crippen LogP contribution is 2.37. The number of benzene rings is 1. The van der Waals surface area contributed by atoms with Crippen molar-refractivity contribution >= 4 is 35.1 Å². The van der Waals surface area contributed by atoms with E-state index in [0.717, 1.165) is 18.4 Å². The largest absolute Gasteiger partial charge is 0.490 e. The van der Waals surface area contributed by atoms with Gasteiger partial charge < -0.3 is 15.5 Å². The third-order valence-corrected chi connectivity index (χ3v) is 4.83. The third kappa shape index (κ3) is 7.48. The molecule has 3 atom stereocenters. The molecule has 0 bridgehead atoms. The molecule has 3 N–H and O–H groups in total. The molecule has 5 nitrogen and oxygen atoms in total. The molecule has 0 saturated carbocycles. The van der Waals surface area contributed by atoms with Gasteiger partial charge >= 0.3 is 18.1 Å². The molecule has 1 aromatic rings. The first-order valence-corrected chi connectivity index (χ1v) is 9.11. The van der Waals surface area contributed by atoms with Crippen LogP contribution in [0.25, 0.3) is 0 Å². The standard InChI is InChI=1S/C16H21Cl2NO2.C2HF3O2/c1-16(2,3)8-10-7-11(14(19-10)15(20)21)9-4-5-12(17)13(18)6-9;3-2(4,5)1(6)7/h4-6,10-11,14,19H,7-8H2,1-3H3,(H,20,21);(H,6,7). The van der Waals surface area contributed by atoms with Gasteiger partial charge in [-0.15, -0.1) is 0 Å². The number of alkyl halides is 3. The first-order chi connectivity index (χ1) is 12.6. The molecule has 0 aromatic heterocycles. The molecule has 0 amide bonds. The number of carboxylic acid groups (broad SMARTS) is 2. The molecule has 0 radical (unpaired) electrons. The van der Waals surface area contributed by atoms with E-state index in [1.54, 1.807) is 12.1 Å². The van der Waals surface area contributed by atoms with E-state index in [-0.39, 0.29) is 17.4 Å². The molecule has 1 fully saturated rings. The van der Waals surface area contributed by atoms with Crippen molar-refractivity contribution in [1.82, 2.24) is 5.32 Å². The summed E-state index contributed by atoms with van der Waals surface area (Å²) < 4.78 is 31.7. The van der Waals surface area contributed by atoms with Gasteiger partial charge in [0.2, 0.25) is 0 Å². The zero-order valence-corrected chi connectivity index (χ0v) is 17.0. The fourth-order valence-electron chi connectivity index (χ4n) is 3.08. The molecule has 0 aliphatic carbocycles. The zero-order valence-electron chi connectivity index (χ0n) is 15.5. The predicted molar refractivity (Wildman–Crippen MR) is 99.9 cm³/mol. The van der Waals surface area contributed by atoms with Crippen LogP contribution < -0.4 is 5.32 Å². The van der Waals surface area contributed by atoms with Crippen molar-refractivity contribution in [2.45, 2.75) is 57.8 Å². The Hall–Kier alpha value is -1.51. The summed E-state index contributed by atoms with van der Waals surface area (Å²) in [6, 6.07) is 5.01. The Morgan fingerprint density at radius 2 is 1.68 bits per heavy atom. The molecular weight excluding hydrogens is 422 g/mol. The van der Waals surface area contributed by atoms with Crippen LogP contribution in [0.2, 0.25) is 10.0 Å². The van der Waals surface area contributed by atoms with Crippen LogP contribution in [0.15, 0.2) is 18.2 Å². The van der Waals surface area contributed by atoms with Gasteiger partial charge in [0.15, 0.2) is 0 Å². The lowest BCUT2D eigenvalue weighted by Gasteiger charge is -2.23. The second-order valence-electron chi connectivity index (χ2n) is 7.76. The average Bonchev–Trinajstić information content (AvgIpc) is 2.91. The summed E-state index contributed by atoms with van der Waals surface area (Å²) in [6.45, 7) is 6.49. The monoisotopic (exact) mass is 443 g/mol. The number of carbonyl (C=O) groups is 2. The van der Waals surface area contributed by atoms with Crippen molar-refractivity contribution in [1.29, 1.82) is 0 Å². The van der Waals surface area contributed by atoms with Crippen LogP contribution in [0.1, 0.15) is 45.1 Å². The van der Waals surface area contributed by atoms with Crippen LogP contribution in [0.3, 0.4) is 0 Å². The van der Waals surface area contributed by atoms with Crippen LogP contribution >= 0.6 is 23.2 Å². The van der Waals surface area contributed by atoms with E-state index < -0.39 is 24.2 Å². The fourth-order valence-corrected chi connectivity index (χ4v) is 3.38. The van der Waals surface area contributed by atoms with Crippen LogP contribution in [-0.2, 0) is 9.59 Å². The summed E-state index contributed by atoms with van der Waals surface area (Å²) in [5.41, 5.74) is 1.09. The topological polar surface area (TPSA) is 86.6 Å². The van der Waals surface area contributed by atoms with Crippen molar-refractivity contribution in [2.75, 3.05) is 0 Å². The first kappa shape index (κ1) is 24.5. The van der Waals surface area contributed by atoms with Crippen molar-refractivity contribution in [3.63, 3.8) is 0 Å². The minimum Gasteiger partial charge on any atom is -0.480 e. The quantitative estimate of drug-likeness (QED) is 0.614. The molecule has 1 heterocycles. The molecule has 0 spiro atoms. The van der Waals surface area contributed by atoms with Gasteiger partial charge in [0, 0.05) is 12.0 Å². The van der Waals surface area contributed by atoms with E-state index in [4.69, 9.17) is 33.1 Å². The molecule has 3 unspecified atom stereocenters. The maximum atomic E-state index is 11.5. The molecule has 158 valence electrons. The Bertz CT molecular complexity index is 720. The summed E-state index contributed by atoms with van der Waals surface area (Å²) in [5.74, 6) is -3.65. The van der Waals surface area contributed by atoms with Crippen molar-refractivity contribution in [3.8, 4) is 0 Å². The Balaban J connectivity index is 0.000000480. The summed E-state index contributed by atoms with van der Waals surface area (Å²) in [5, 5.41) is 20.8. The van der Waals surface area contributed by atoms with Gasteiger partial charge in [-0.05, 0) is 36.0 Å². The van der Waals surface area contributed by atoms with Gasteiger partial charge in [-0.3, -0.25) is 4.79 Å². The maximum absolute atomic E-state index is 11.5. The number of rotatable bonds is 3. The molecular formula is C18H22Cl2F3NO4. The molecule has 1 aromatic carbocycles. The molecule has 1 aliphatic rings. The summed E-state index contributed by atoms with van der Waals surface area (Å²) in [4.78, 5) is 20.4. The van der Waals surface area contributed by atoms with Crippen molar-refractivity contribution < 1.29 is 33.0 Å². The average molecular weight is 444 g/mol. The molecule has 1 saturated heterocycles. The highest BCUT2D eigenvalue weighted by molar-refractivity contribution is 6.42. The van der Waals surface area contributed by atoms with E-state index in [0.29, 0.717) is 10.0 Å². The van der Waals surface area contributed by atoms with Crippen molar-refractivity contribution in [3.05, 3.63) is 33.8 Å². The van der Waals surface area contributed by atoms with Gasteiger partial charge in [0.25, 0.3) is 0 Å². The summed E-state index contributed by atoms with van der Waals surface area (Å²) >= 11 is 12.0. The second kappa shape index (κ2) is 9.33. The summed E-state index contributed by atoms with van der Waals surface area (Å²) in [6.07, 6.45) is -3.35. The SMILES string of the molecule is CC(C)(C)CC1CC(c2ccc(Cl)c(Cl)c2)C(C(=O)O)N1.O=C(O)C(F)(F)F. The molecule has 2 rings (SSSR count). The van der Waals surface area contributed by atoms with Crippen molar-refractivity contribution in [2.24, 2.45) is 5.41 Å². The highest BCUT2D eigenvalue weighted by Gasteiger charge is 2.40. The smallest absolute Gasteiger partial charge is 0.480 e. The lowest BCUT2D eigenvalue weighted by Crippen LogP contribution is -2.38. The van der Waals surface area contributed by atoms with E-state index >= 15 is 0 Å². The third-order valence-electron chi connectivity index (χ3n) is 4.10. The number of hydrogen-bond acceptors (Lipinski definition) is 3. The van der Waals surface area contributed by atoms with Gasteiger partial charge in [0.1, 0.15) is 6.04 Å². The highest BCUT2D eigenvalue weighted by atomic mass is 35.5. The van der Waals surface area contributed by atoms with Crippen LogP contribution in [0.5, 0.6) is 0 Å². The molecule has 10 heteroatoms. The maximum Gasteiger partial charge on any atom is 0.490 e. The Morgan fingerprint density at radius 1 is 1.14 bits per heavy atom. The van der Waals surface area contributed by atoms with Gasteiger partial charge in [0.05, 0.1) is 10.0 Å². The lowest BCUT2D eigenvalue weighted by atomic mass is 9.84. The number of carboxylic acids is 2. The first-order valence-electron chi connectivity index (χ1n) is 8.35. The Morgan fingerprint density at radius 3 is 2.07 bits per heavy atom. The second-order valence-corrected chi connectivity index (χ2v) is 8.58. The van der Waals surface area contributed by atoms with E-state index in [1.165, 1.54) is 0 Å². The van der Waals surface area contributed by atoms with E-state index in [9.17, 15) is 23.1 Å². The zero-order chi connectivity index (χ0) is 21.9. The number of halogens is 5. The number of nitrogens with one attached hydrogen (secondary N) is 1. The minimum atomic E-state index is -5.08. The van der Waals surface area contributed by atoms with E-state index in [1.807, 2.05) is 6.07 Å². The van der Waals surface area contributed by atoms with Gasteiger partial charge in [-0.2, -0.15) is 13.2 Å². The van der Waals surface area contributed by atoms with Crippen LogP contribution in [-0.4, -0.2) is 40.4 Å². The number of aliphatic carboxylic acids is 2. The number of hydrogen-bond donors (Lipinski definition) is 3. The molecule has 28 heavy (non-hydrogen) atoms. The van der Waals surface area contributed by atoms with Gasteiger partial charge in [-0.25, -0.2) is 4.79 Å². The van der Waals surface area contributed by atoms with Crippen LogP contribution in [0.4, 0.5) is 13.2 Å². The molecule has 1 aliphatic heterocycles.